The first kappa shape index (κ1) is 17.3. The van der Waals surface area contributed by atoms with Crippen LogP contribution < -0.4 is 10.6 Å². The standard InChI is InChI=1S/C13H14F3N3O3S/c1-8-2-3-9(22-8)12(21,13(14,15)16)4-5-17-10(20)19-11-18-6-7-23-11/h2-3,6-7,21H,4-5H2,1H3,(H2,17,18,19,20). The van der Waals surface area contributed by atoms with Crippen LogP contribution in [0.5, 0.6) is 0 Å². The van der Waals surface area contributed by atoms with Crippen molar-refractivity contribution in [2.24, 2.45) is 0 Å². The van der Waals surface area contributed by atoms with E-state index in [1.54, 1.807) is 5.38 Å². The van der Waals surface area contributed by atoms with Crippen LogP contribution in [0.25, 0.3) is 0 Å². The van der Waals surface area contributed by atoms with E-state index in [9.17, 15) is 23.1 Å². The van der Waals surface area contributed by atoms with Crippen molar-refractivity contribution in [1.29, 1.82) is 0 Å². The normalized spacial score (nSPS) is 14.3. The Hall–Kier alpha value is -2.07. The molecule has 2 aromatic heterocycles. The van der Waals surface area contributed by atoms with Gasteiger partial charge in [-0.3, -0.25) is 5.32 Å². The van der Waals surface area contributed by atoms with Crippen molar-refractivity contribution in [1.82, 2.24) is 10.3 Å². The Labute approximate surface area is 133 Å². The molecule has 126 valence electrons. The fraction of sp³-hybridized carbons (Fsp3) is 0.385. The summed E-state index contributed by atoms with van der Waals surface area (Å²) < 4.78 is 44.5. The summed E-state index contributed by atoms with van der Waals surface area (Å²) in [5, 5.41) is 16.6. The van der Waals surface area contributed by atoms with Crippen molar-refractivity contribution in [3.05, 3.63) is 35.2 Å². The molecule has 2 amide bonds. The molecule has 0 aliphatic heterocycles. The summed E-state index contributed by atoms with van der Waals surface area (Å²) in [7, 11) is 0. The molecule has 2 heterocycles. The third-order valence-electron chi connectivity index (χ3n) is 3.04. The monoisotopic (exact) mass is 349 g/mol. The summed E-state index contributed by atoms with van der Waals surface area (Å²) in [6.45, 7) is 1.06. The van der Waals surface area contributed by atoms with E-state index in [2.05, 4.69) is 15.6 Å². The van der Waals surface area contributed by atoms with Crippen molar-refractivity contribution < 1.29 is 27.5 Å². The lowest BCUT2D eigenvalue weighted by molar-refractivity contribution is -0.274. The SMILES string of the molecule is Cc1ccc(C(O)(CCNC(=O)Nc2nccs2)C(F)(F)F)o1. The van der Waals surface area contributed by atoms with Crippen LogP contribution in [-0.4, -0.2) is 28.8 Å². The second kappa shape index (κ2) is 6.59. The van der Waals surface area contributed by atoms with Gasteiger partial charge in [-0.1, -0.05) is 0 Å². The first-order valence-corrected chi connectivity index (χ1v) is 7.41. The number of thiazole rings is 1. The molecule has 0 saturated heterocycles. The Morgan fingerprint density at radius 3 is 2.70 bits per heavy atom. The molecule has 0 fully saturated rings. The number of amides is 2. The number of halogens is 3. The number of nitrogens with zero attached hydrogens (tertiary/aromatic N) is 1. The highest BCUT2D eigenvalue weighted by Gasteiger charge is 2.56. The van der Waals surface area contributed by atoms with Gasteiger partial charge in [0.25, 0.3) is 0 Å². The van der Waals surface area contributed by atoms with Gasteiger partial charge in [0.05, 0.1) is 0 Å². The van der Waals surface area contributed by atoms with Gasteiger partial charge in [0, 0.05) is 24.5 Å². The molecule has 1 atom stereocenters. The molecule has 0 spiro atoms. The van der Waals surface area contributed by atoms with Gasteiger partial charge in [0.15, 0.2) is 5.13 Å². The maximum Gasteiger partial charge on any atom is 0.424 e. The highest BCUT2D eigenvalue weighted by atomic mass is 32.1. The lowest BCUT2D eigenvalue weighted by Gasteiger charge is -2.28. The van der Waals surface area contributed by atoms with Crippen molar-refractivity contribution in [2.75, 3.05) is 11.9 Å². The highest BCUT2D eigenvalue weighted by molar-refractivity contribution is 7.13. The molecule has 0 aromatic carbocycles. The molecule has 0 aliphatic carbocycles. The summed E-state index contributed by atoms with van der Waals surface area (Å²) in [4.78, 5) is 15.3. The van der Waals surface area contributed by atoms with Crippen LogP contribution in [0.15, 0.2) is 28.1 Å². The minimum absolute atomic E-state index is 0.247. The van der Waals surface area contributed by atoms with Crippen LogP contribution in [-0.2, 0) is 5.60 Å². The zero-order valence-corrected chi connectivity index (χ0v) is 12.8. The highest BCUT2D eigenvalue weighted by Crippen LogP contribution is 2.41. The van der Waals surface area contributed by atoms with Gasteiger partial charge < -0.3 is 14.8 Å². The zero-order chi connectivity index (χ0) is 17.1. The van der Waals surface area contributed by atoms with Crippen molar-refractivity contribution in [3.8, 4) is 0 Å². The van der Waals surface area contributed by atoms with Gasteiger partial charge in [-0.25, -0.2) is 9.78 Å². The van der Waals surface area contributed by atoms with E-state index in [-0.39, 0.29) is 5.76 Å². The van der Waals surface area contributed by atoms with Gasteiger partial charge in [-0.15, -0.1) is 11.3 Å². The third-order valence-corrected chi connectivity index (χ3v) is 3.73. The maximum atomic E-state index is 13.2. The summed E-state index contributed by atoms with van der Waals surface area (Å²) in [5.41, 5.74) is -3.17. The van der Waals surface area contributed by atoms with Crippen LogP contribution in [0.4, 0.5) is 23.1 Å². The average molecular weight is 349 g/mol. The van der Waals surface area contributed by atoms with E-state index in [0.29, 0.717) is 5.13 Å². The lowest BCUT2D eigenvalue weighted by atomic mass is 9.96. The molecule has 0 saturated carbocycles. The van der Waals surface area contributed by atoms with Crippen molar-refractivity contribution in [2.45, 2.75) is 25.1 Å². The Bertz CT molecular complexity index is 657. The van der Waals surface area contributed by atoms with Crippen LogP contribution in [0.1, 0.15) is 17.9 Å². The second-order valence-electron chi connectivity index (χ2n) is 4.74. The van der Waals surface area contributed by atoms with E-state index in [0.717, 1.165) is 6.07 Å². The number of aliphatic hydroxyl groups is 1. The molecular formula is C13H14F3N3O3S. The van der Waals surface area contributed by atoms with Crippen LogP contribution in [0, 0.1) is 6.92 Å². The number of hydrogen-bond donors (Lipinski definition) is 3. The molecule has 0 aliphatic rings. The zero-order valence-electron chi connectivity index (χ0n) is 12.0. The quantitative estimate of drug-likeness (QED) is 0.774. The van der Waals surface area contributed by atoms with Gasteiger partial charge in [0.1, 0.15) is 11.5 Å². The number of hydrogen-bond acceptors (Lipinski definition) is 5. The van der Waals surface area contributed by atoms with E-state index < -0.39 is 36.5 Å². The van der Waals surface area contributed by atoms with Crippen LogP contribution in [0.2, 0.25) is 0 Å². The van der Waals surface area contributed by atoms with Gasteiger partial charge in [-0.05, 0) is 19.1 Å². The third kappa shape index (κ3) is 4.02. The minimum atomic E-state index is -4.94. The van der Waals surface area contributed by atoms with Crippen LogP contribution >= 0.6 is 11.3 Å². The maximum absolute atomic E-state index is 13.2. The molecule has 0 radical (unpaired) electrons. The molecule has 1 unspecified atom stereocenters. The largest absolute Gasteiger partial charge is 0.463 e. The van der Waals surface area contributed by atoms with Gasteiger partial charge in [-0.2, -0.15) is 13.2 Å². The predicted octanol–water partition coefficient (Wildman–Crippen LogP) is 3.01. The molecule has 6 nitrogen and oxygen atoms in total. The smallest absolute Gasteiger partial charge is 0.424 e. The summed E-state index contributed by atoms with van der Waals surface area (Å²) in [5.74, 6) is -0.359. The number of carbonyl (C=O) groups is 1. The molecule has 3 N–H and O–H groups in total. The van der Waals surface area contributed by atoms with E-state index in [1.807, 2.05) is 0 Å². The first-order chi connectivity index (χ1) is 10.7. The number of alkyl halides is 3. The topological polar surface area (TPSA) is 87.4 Å². The molecule has 10 heteroatoms. The predicted molar refractivity (Wildman–Crippen MR) is 77.1 cm³/mol. The van der Waals surface area contributed by atoms with Gasteiger partial charge in [0.2, 0.25) is 5.60 Å². The van der Waals surface area contributed by atoms with E-state index in [4.69, 9.17) is 4.42 Å². The van der Waals surface area contributed by atoms with Crippen LogP contribution in [0.3, 0.4) is 0 Å². The molecule has 2 aromatic rings. The Balaban J connectivity index is 1.98. The van der Waals surface area contributed by atoms with E-state index >= 15 is 0 Å². The summed E-state index contributed by atoms with van der Waals surface area (Å²) >= 11 is 1.17. The number of anilines is 1. The number of aromatic nitrogens is 1. The first-order valence-electron chi connectivity index (χ1n) is 6.53. The Morgan fingerprint density at radius 2 is 2.17 bits per heavy atom. The number of urea groups is 1. The van der Waals surface area contributed by atoms with Crippen molar-refractivity contribution in [3.63, 3.8) is 0 Å². The summed E-state index contributed by atoms with van der Waals surface area (Å²) in [6.07, 6.45) is -4.25. The fourth-order valence-electron chi connectivity index (χ4n) is 1.84. The number of nitrogens with one attached hydrogen (secondary N) is 2. The summed E-state index contributed by atoms with van der Waals surface area (Å²) in [6, 6.07) is 1.69. The molecule has 2 rings (SSSR count). The fourth-order valence-corrected chi connectivity index (χ4v) is 2.37. The molecule has 23 heavy (non-hydrogen) atoms. The molecule has 0 bridgehead atoms. The average Bonchev–Trinajstić information content (AvgIpc) is 3.09. The number of rotatable bonds is 5. The lowest BCUT2D eigenvalue weighted by Crippen LogP contribution is -2.45. The van der Waals surface area contributed by atoms with E-state index in [1.165, 1.54) is 30.5 Å². The number of aryl methyl sites for hydroxylation is 1. The second-order valence-corrected chi connectivity index (χ2v) is 5.63. The molecular weight excluding hydrogens is 335 g/mol. The van der Waals surface area contributed by atoms with Gasteiger partial charge >= 0.3 is 12.2 Å². The number of carbonyl (C=O) groups excluding carboxylic acids is 1. The number of furan rings is 1. The van der Waals surface area contributed by atoms with Crippen molar-refractivity contribution >= 4 is 22.5 Å². The minimum Gasteiger partial charge on any atom is -0.463 e. The Kier molecular flexibility index (Phi) is 4.95. The Morgan fingerprint density at radius 1 is 1.43 bits per heavy atom.